The van der Waals surface area contributed by atoms with Gasteiger partial charge in [-0.25, -0.2) is 4.79 Å². The molecule has 94 valence electrons. The van der Waals surface area contributed by atoms with Crippen molar-refractivity contribution >= 4 is 5.97 Å². The Balaban J connectivity index is 2.61. The number of carboxylic acid groups (broad SMARTS) is 1. The van der Waals surface area contributed by atoms with Gasteiger partial charge in [-0.2, -0.15) is 0 Å². The van der Waals surface area contributed by atoms with E-state index in [0.717, 1.165) is 31.2 Å². The summed E-state index contributed by atoms with van der Waals surface area (Å²) >= 11 is 0. The van der Waals surface area contributed by atoms with Crippen LogP contribution in [0, 0.1) is 0 Å². The van der Waals surface area contributed by atoms with Crippen LogP contribution in [0.3, 0.4) is 0 Å². The second-order valence-electron chi connectivity index (χ2n) is 4.57. The van der Waals surface area contributed by atoms with Crippen molar-refractivity contribution < 1.29 is 9.90 Å². The van der Waals surface area contributed by atoms with Gasteiger partial charge in [0.1, 0.15) is 0 Å². The lowest BCUT2D eigenvalue weighted by Gasteiger charge is -2.26. The molecule has 3 N–H and O–H groups in total. The lowest BCUT2D eigenvalue weighted by Crippen LogP contribution is -2.38. The molecule has 0 fully saturated rings. The summed E-state index contributed by atoms with van der Waals surface area (Å²) in [6.07, 6.45) is 3.78. The predicted octanol–water partition coefficient (Wildman–Crippen LogP) is 2.83. The lowest BCUT2D eigenvalue weighted by atomic mass is 9.87. The zero-order valence-corrected chi connectivity index (χ0v) is 10.6. The fourth-order valence-electron chi connectivity index (χ4n) is 1.81. The quantitative estimate of drug-likeness (QED) is 0.797. The molecule has 0 unspecified atom stereocenters. The summed E-state index contributed by atoms with van der Waals surface area (Å²) in [5.41, 5.74) is 7.61. The number of aryl methyl sites for hydroxylation is 1. The van der Waals surface area contributed by atoms with Crippen molar-refractivity contribution in [1.29, 1.82) is 0 Å². The van der Waals surface area contributed by atoms with E-state index in [1.807, 2.05) is 12.1 Å². The smallest absolute Gasteiger partial charge is 0.335 e. The van der Waals surface area contributed by atoms with Gasteiger partial charge in [0.05, 0.1) is 5.56 Å². The van der Waals surface area contributed by atoms with Crippen LogP contribution in [0.1, 0.15) is 49.0 Å². The fraction of sp³-hybridized carbons (Fsp3) is 0.500. The van der Waals surface area contributed by atoms with E-state index >= 15 is 0 Å². The molecule has 0 aliphatic heterocycles. The van der Waals surface area contributed by atoms with E-state index in [9.17, 15) is 4.79 Å². The Labute approximate surface area is 103 Å². The Bertz CT molecular complexity index is 366. The number of carbonyl (C=O) groups is 1. The van der Waals surface area contributed by atoms with Crippen LogP contribution in [0.2, 0.25) is 0 Å². The summed E-state index contributed by atoms with van der Waals surface area (Å²) in [5.74, 6) is -0.883. The molecule has 1 aromatic rings. The van der Waals surface area contributed by atoms with Gasteiger partial charge in [-0.3, -0.25) is 0 Å². The van der Waals surface area contributed by atoms with Gasteiger partial charge in [-0.1, -0.05) is 26.0 Å². The molecule has 3 heteroatoms. The molecule has 0 radical (unpaired) electrons. The third kappa shape index (κ3) is 3.86. The highest BCUT2D eigenvalue weighted by molar-refractivity contribution is 5.87. The van der Waals surface area contributed by atoms with Gasteiger partial charge in [-0.05, 0) is 43.4 Å². The van der Waals surface area contributed by atoms with Gasteiger partial charge in [0.25, 0.3) is 0 Å². The first-order valence-electron chi connectivity index (χ1n) is 6.12. The van der Waals surface area contributed by atoms with E-state index in [0.29, 0.717) is 5.56 Å². The largest absolute Gasteiger partial charge is 0.478 e. The first-order valence-corrected chi connectivity index (χ1v) is 6.12. The SMILES string of the molecule is CCC(N)(CC)CCc1ccc(C(=O)O)cc1. The molecule has 0 aliphatic carbocycles. The molecule has 0 aliphatic rings. The molecule has 0 bridgehead atoms. The number of rotatable bonds is 6. The molecule has 1 aromatic carbocycles. The monoisotopic (exact) mass is 235 g/mol. The number of carboxylic acids is 1. The van der Waals surface area contributed by atoms with Crippen molar-refractivity contribution in [3.05, 3.63) is 35.4 Å². The average molecular weight is 235 g/mol. The highest BCUT2D eigenvalue weighted by Gasteiger charge is 2.19. The molecule has 0 spiro atoms. The third-order valence-electron chi connectivity index (χ3n) is 3.52. The third-order valence-corrected chi connectivity index (χ3v) is 3.52. The summed E-state index contributed by atoms with van der Waals surface area (Å²) < 4.78 is 0. The Hall–Kier alpha value is -1.35. The van der Waals surface area contributed by atoms with E-state index in [4.69, 9.17) is 10.8 Å². The zero-order chi connectivity index (χ0) is 12.9. The second kappa shape index (κ2) is 5.82. The summed E-state index contributed by atoms with van der Waals surface area (Å²) in [6.45, 7) is 4.22. The molecule has 3 nitrogen and oxygen atoms in total. The molecule has 0 aromatic heterocycles. The average Bonchev–Trinajstić information content (AvgIpc) is 2.36. The summed E-state index contributed by atoms with van der Waals surface area (Å²) in [6, 6.07) is 7.03. The van der Waals surface area contributed by atoms with E-state index in [1.54, 1.807) is 12.1 Å². The van der Waals surface area contributed by atoms with E-state index in [1.165, 1.54) is 0 Å². The minimum atomic E-state index is -0.883. The van der Waals surface area contributed by atoms with Crippen LogP contribution in [0.4, 0.5) is 0 Å². The van der Waals surface area contributed by atoms with E-state index < -0.39 is 5.97 Å². The molecular weight excluding hydrogens is 214 g/mol. The van der Waals surface area contributed by atoms with Gasteiger partial charge in [-0.15, -0.1) is 0 Å². The van der Waals surface area contributed by atoms with Crippen molar-refractivity contribution in [2.75, 3.05) is 0 Å². The summed E-state index contributed by atoms with van der Waals surface area (Å²) in [4.78, 5) is 10.7. The Kier molecular flexibility index (Phi) is 4.70. The van der Waals surface area contributed by atoms with Crippen LogP contribution in [-0.4, -0.2) is 16.6 Å². The number of aromatic carboxylic acids is 1. The van der Waals surface area contributed by atoms with Crippen molar-refractivity contribution in [1.82, 2.24) is 0 Å². The fourth-order valence-corrected chi connectivity index (χ4v) is 1.81. The normalized spacial score (nSPS) is 11.5. The van der Waals surface area contributed by atoms with E-state index in [-0.39, 0.29) is 5.54 Å². The van der Waals surface area contributed by atoms with Crippen LogP contribution < -0.4 is 5.73 Å². The van der Waals surface area contributed by atoms with Crippen LogP contribution in [-0.2, 0) is 6.42 Å². The Morgan fingerprint density at radius 2 is 1.76 bits per heavy atom. The van der Waals surface area contributed by atoms with Gasteiger partial charge in [0.15, 0.2) is 0 Å². The van der Waals surface area contributed by atoms with Crippen LogP contribution in [0.25, 0.3) is 0 Å². The molecule has 0 atom stereocenters. The highest BCUT2D eigenvalue weighted by atomic mass is 16.4. The Morgan fingerprint density at radius 1 is 1.24 bits per heavy atom. The molecule has 1 rings (SSSR count). The predicted molar refractivity (Wildman–Crippen MR) is 69.2 cm³/mol. The van der Waals surface area contributed by atoms with Gasteiger partial charge >= 0.3 is 5.97 Å². The van der Waals surface area contributed by atoms with E-state index in [2.05, 4.69) is 13.8 Å². The number of hydrogen-bond acceptors (Lipinski definition) is 2. The topological polar surface area (TPSA) is 63.3 Å². The maximum absolute atomic E-state index is 10.7. The molecule has 0 saturated carbocycles. The molecule has 17 heavy (non-hydrogen) atoms. The number of hydrogen-bond donors (Lipinski definition) is 2. The lowest BCUT2D eigenvalue weighted by molar-refractivity contribution is 0.0697. The molecular formula is C14H21NO2. The molecule has 0 heterocycles. The first kappa shape index (κ1) is 13.7. The summed E-state index contributed by atoms with van der Waals surface area (Å²) in [5, 5.41) is 8.79. The second-order valence-corrected chi connectivity index (χ2v) is 4.57. The van der Waals surface area contributed by atoms with Crippen molar-refractivity contribution in [3.63, 3.8) is 0 Å². The van der Waals surface area contributed by atoms with Crippen molar-refractivity contribution in [2.45, 2.75) is 45.1 Å². The maximum atomic E-state index is 10.7. The van der Waals surface area contributed by atoms with Crippen molar-refractivity contribution in [2.24, 2.45) is 5.73 Å². The first-order chi connectivity index (χ1) is 8.00. The van der Waals surface area contributed by atoms with Crippen LogP contribution in [0.15, 0.2) is 24.3 Å². The van der Waals surface area contributed by atoms with Crippen LogP contribution in [0.5, 0.6) is 0 Å². The molecule has 0 saturated heterocycles. The van der Waals surface area contributed by atoms with Gasteiger partial charge in [0, 0.05) is 5.54 Å². The standard InChI is InChI=1S/C14H21NO2/c1-3-14(15,4-2)10-9-11-5-7-12(8-6-11)13(16)17/h5-8H,3-4,9-10,15H2,1-2H3,(H,16,17). The zero-order valence-electron chi connectivity index (χ0n) is 10.6. The number of benzene rings is 1. The minimum Gasteiger partial charge on any atom is -0.478 e. The van der Waals surface area contributed by atoms with Crippen molar-refractivity contribution in [3.8, 4) is 0 Å². The minimum absolute atomic E-state index is 0.0918. The summed E-state index contributed by atoms with van der Waals surface area (Å²) in [7, 11) is 0. The molecule has 0 amide bonds. The highest BCUT2D eigenvalue weighted by Crippen LogP contribution is 2.19. The van der Waals surface area contributed by atoms with Gasteiger partial charge in [0.2, 0.25) is 0 Å². The van der Waals surface area contributed by atoms with Gasteiger partial charge < -0.3 is 10.8 Å². The maximum Gasteiger partial charge on any atom is 0.335 e. The Morgan fingerprint density at radius 3 is 2.18 bits per heavy atom. The number of nitrogens with two attached hydrogens (primary N) is 1. The van der Waals surface area contributed by atoms with Crippen LogP contribution >= 0.6 is 0 Å².